The molecule has 17 heteroatoms. The van der Waals surface area contributed by atoms with Gasteiger partial charge in [-0.1, -0.05) is 6.58 Å². The molecule has 34 heavy (non-hydrogen) atoms. The SMILES string of the molecule is C=C1NC(=O)C(C)=CN1[C@H]1CC(O)[C@@H](COP(=O)(O)OP(=O)([O-])O[C@@H]2OC(C)C[C@H](O)C2O)O1. The summed E-state index contributed by atoms with van der Waals surface area (Å²) in [6.07, 6.45) is -7.24. The van der Waals surface area contributed by atoms with Crippen molar-refractivity contribution in [2.45, 2.75) is 69.7 Å². The number of aliphatic hydroxyl groups is 3. The number of hydrogen-bond acceptors (Lipinski definition) is 13. The van der Waals surface area contributed by atoms with Gasteiger partial charge >= 0.3 is 7.82 Å². The largest absolute Gasteiger partial charge is 0.756 e. The minimum absolute atomic E-state index is 0.0177. The molecule has 0 aromatic rings. The van der Waals surface area contributed by atoms with Crippen LogP contribution in [0.4, 0.5) is 0 Å². The smallest absolute Gasteiger partial charge is 0.478 e. The maximum absolute atomic E-state index is 12.1. The third-order valence-electron chi connectivity index (χ3n) is 5.23. The Hall–Kier alpha value is -1.19. The van der Waals surface area contributed by atoms with Crippen LogP contribution in [0.5, 0.6) is 0 Å². The van der Waals surface area contributed by atoms with E-state index < -0.39 is 65.3 Å². The lowest BCUT2D eigenvalue weighted by Crippen LogP contribution is -2.48. The van der Waals surface area contributed by atoms with Crippen LogP contribution in [0.15, 0.2) is 24.2 Å². The summed E-state index contributed by atoms with van der Waals surface area (Å²) in [6.45, 7) is 6.01. The quantitative estimate of drug-likeness (QED) is 0.232. The maximum Gasteiger partial charge on any atom is 0.478 e. The summed E-state index contributed by atoms with van der Waals surface area (Å²) < 4.78 is 48.1. The topological polar surface area (TPSA) is 217 Å². The summed E-state index contributed by atoms with van der Waals surface area (Å²) in [5.41, 5.74) is 0.360. The Bertz CT molecular complexity index is 929. The molecule has 3 aliphatic rings. The van der Waals surface area contributed by atoms with Crippen LogP contribution in [0.1, 0.15) is 26.7 Å². The predicted molar refractivity (Wildman–Crippen MR) is 109 cm³/mol. The zero-order valence-electron chi connectivity index (χ0n) is 18.3. The molecule has 3 rings (SSSR count). The van der Waals surface area contributed by atoms with Crippen molar-refractivity contribution in [1.82, 2.24) is 10.2 Å². The van der Waals surface area contributed by atoms with E-state index in [0.29, 0.717) is 5.57 Å². The molecule has 3 heterocycles. The lowest BCUT2D eigenvalue weighted by molar-refractivity contribution is -0.276. The summed E-state index contributed by atoms with van der Waals surface area (Å²) in [6, 6.07) is 0. The normalized spacial score (nSPS) is 38.1. The Kier molecular flexibility index (Phi) is 8.40. The number of amides is 1. The molecule has 9 atom stereocenters. The number of nitrogens with zero attached hydrogens (tertiary/aromatic N) is 1. The van der Waals surface area contributed by atoms with Crippen LogP contribution in [-0.2, 0) is 36.8 Å². The molecular weight excluding hydrogens is 502 g/mol. The highest BCUT2D eigenvalue weighted by Crippen LogP contribution is 2.59. The van der Waals surface area contributed by atoms with Gasteiger partial charge < -0.3 is 44.8 Å². The van der Waals surface area contributed by atoms with Crippen molar-refractivity contribution in [2.75, 3.05) is 6.61 Å². The van der Waals surface area contributed by atoms with Gasteiger partial charge in [0.2, 0.25) is 0 Å². The first-order valence-corrected chi connectivity index (χ1v) is 13.1. The molecule has 0 aromatic heterocycles. The van der Waals surface area contributed by atoms with Gasteiger partial charge in [-0.25, -0.2) is 8.88 Å². The van der Waals surface area contributed by atoms with Crippen molar-refractivity contribution >= 4 is 21.6 Å². The van der Waals surface area contributed by atoms with Gasteiger partial charge in [0.1, 0.15) is 24.3 Å². The number of phosphoric acid groups is 2. The molecule has 0 saturated carbocycles. The first-order valence-electron chi connectivity index (χ1n) is 10.2. The van der Waals surface area contributed by atoms with E-state index >= 15 is 0 Å². The van der Waals surface area contributed by atoms with Gasteiger partial charge in [-0.15, -0.1) is 0 Å². The van der Waals surface area contributed by atoms with Crippen molar-refractivity contribution < 1.29 is 61.9 Å². The second-order valence-corrected chi connectivity index (χ2v) is 11.0. The second-order valence-electron chi connectivity index (χ2n) is 8.06. The molecule has 0 aliphatic carbocycles. The number of ether oxygens (including phenoxy) is 2. The van der Waals surface area contributed by atoms with E-state index in [9.17, 15) is 39.0 Å². The Morgan fingerprint density at radius 3 is 2.62 bits per heavy atom. The van der Waals surface area contributed by atoms with Gasteiger partial charge in [0, 0.05) is 24.6 Å². The zero-order valence-corrected chi connectivity index (χ0v) is 20.0. The van der Waals surface area contributed by atoms with Gasteiger partial charge in [-0.05, 0) is 13.8 Å². The number of aliphatic hydroxyl groups excluding tert-OH is 3. The first-order chi connectivity index (χ1) is 15.7. The third-order valence-corrected chi connectivity index (χ3v) is 7.79. The van der Waals surface area contributed by atoms with Crippen molar-refractivity contribution in [1.29, 1.82) is 0 Å². The average Bonchev–Trinajstić information content (AvgIpc) is 3.06. The van der Waals surface area contributed by atoms with Crippen molar-refractivity contribution in [3.8, 4) is 0 Å². The Labute approximate surface area is 194 Å². The number of nitrogens with one attached hydrogen (secondary N) is 1. The molecule has 0 spiro atoms. The number of carbonyl (C=O) groups is 1. The van der Waals surface area contributed by atoms with Crippen LogP contribution >= 0.6 is 15.6 Å². The number of phosphoric ester groups is 2. The van der Waals surface area contributed by atoms with Crippen LogP contribution in [-0.4, -0.2) is 80.7 Å². The molecule has 3 aliphatic heterocycles. The van der Waals surface area contributed by atoms with Crippen LogP contribution in [0.25, 0.3) is 0 Å². The highest BCUT2D eigenvalue weighted by Gasteiger charge is 2.42. The highest BCUT2D eigenvalue weighted by molar-refractivity contribution is 7.60. The van der Waals surface area contributed by atoms with Crippen LogP contribution in [0, 0.1) is 0 Å². The van der Waals surface area contributed by atoms with Crippen molar-refractivity contribution in [3.05, 3.63) is 24.2 Å². The zero-order chi connectivity index (χ0) is 25.4. The van der Waals surface area contributed by atoms with Gasteiger partial charge in [0.05, 0.1) is 24.9 Å². The van der Waals surface area contributed by atoms with E-state index in [1.807, 2.05) is 0 Å². The fourth-order valence-electron chi connectivity index (χ4n) is 3.51. The van der Waals surface area contributed by atoms with E-state index in [2.05, 4.69) is 25.3 Å². The molecule has 5 N–H and O–H groups in total. The minimum Gasteiger partial charge on any atom is -0.756 e. The summed E-state index contributed by atoms with van der Waals surface area (Å²) in [7, 11) is -10.8. The van der Waals surface area contributed by atoms with E-state index in [4.69, 9.17) is 9.47 Å². The number of rotatable bonds is 8. The van der Waals surface area contributed by atoms with E-state index in [-0.39, 0.29) is 24.6 Å². The monoisotopic (exact) mass is 529 g/mol. The summed E-state index contributed by atoms with van der Waals surface area (Å²) in [5, 5.41) is 32.3. The van der Waals surface area contributed by atoms with Crippen LogP contribution in [0.3, 0.4) is 0 Å². The van der Waals surface area contributed by atoms with Crippen molar-refractivity contribution in [3.63, 3.8) is 0 Å². The lowest BCUT2D eigenvalue weighted by Gasteiger charge is -2.38. The summed E-state index contributed by atoms with van der Waals surface area (Å²) in [4.78, 5) is 35.0. The average molecular weight is 529 g/mol. The molecule has 0 bridgehead atoms. The molecule has 2 fully saturated rings. The lowest BCUT2D eigenvalue weighted by atomic mass is 10.0. The number of carbonyl (C=O) groups excluding carboxylic acids is 1. The Balaban J connectivity index is 1.55. The van der Waals surface area contributed by atoms with E-state index in [1.54, 1.807) is 6.92 Å². The second kappa shape index (κ2) is 10.4. The van der Waals surface area contributed by atoms with Crippen molar-refractivity contribution in [2.24, 2.45) is 0 Å². The fraction of sp³-hybridized carbons (Fsp3) is 0.706. The van der Waals surface area contributed by atoms with Gasteiger partial charge in [0.25, 0.3) is 13.7 Å². The summed E-state index contributed by atoms with van der Waals surface area (Å²) in [5.74, 6) is -0.154. The van der Waals surface area contributed by atoms with Gasteiger partial charge in [-0.2, -0.15) is 0 Å². The maximum atomic E-state index is 12.1. The fourth-order valence-corrected chi connectivity index (χ4v) is 5.63. The molecule has 0 radical (unpaired) electrons. The molecular formula is C17H27N2O13P2-. The standard InChI is InChI=1S/C17H28N2O13P2/c1-8-6-19(10(3)18-16(8)23)14-5-11(20)13(30-14)7-28-33(24,25)32-34(26,27)31-17-15(22)12(21)4-9(2)29-17/h6,9,11-15,17,20-22H,3-5,7H2,1-2H3,(H,18,23)(H,24,25)(H,26,27)/p-1/t9?,11?,12-,13+,14+,15?,17-/m0/s1. The summed E-state index contributed by atoms with van der Waals surface area (Å²) >= 11 is 0. The molecule has 15 nitrogen and oxygen atoms in total. The highest BCUT2D eigenvalue weighted by atomic mass is 31.3. The molecule has 194 valence electrons. The number of hydrogen-bond donors (Lipinski definition) is 5. The van der Waals surface area contributed by atoms with Gasteiger partial charge in [-0.3, -0.25) is 18.4 Å². The Morgan fingerprint density at radius 1 is 1.26 bits per heavy atom. The molecule has 2 saturated heterocycles. The first kappa shape index (κ1) is 27.4. The third kappa shape index (κ3) is 6.72. The molecule has 0 aromatic carbocycles. The van der Waals surface area contributed by atoms with Crippen LogP contribution < -0.4 is 10.2 Å². The minimum atomic E-state index is -5.56. The van der Waals surface area contributed by atoms with E-state index in [1.165, 1.54) is 18.0 Å². The predicted octanol–water partition coefficient (Wildman–Crippen LogP) is -1.26. The molecule has 5 unspecified atom stereocenters. The molecule has 1 amide bonds. The van der Waals surface area contributed by atoms with Crippen LogP contribution in [0.2, 0.25) is 0 Å². The van der Waals surface area contributed by atoms with E-state index in [0.717, 1.165) is 0 Å². The Morgan fingerprint density at radius 2 is 1.94 bits per heavy atom. The van der Waals surface area contributed by atoms with Gasteiger partial charge in [0.15, 0.2) is 6.29 Å².